The molecule has 0 unspecified atom stereocenters. The average Bonchev–Trinajstić information content (AvgIpc) is 3.63. The predicted octanol–water partition coefficient (Wildman–Crippen LogP) is 0.946. The van der Waals surface area contributed by atoms with Gasteiger partial charge in [0.05, 0.1) is 31.0 Å². The topological polar surface area (TPSA) is 217 Å². The number of rotatable bonds is 6. The normalized spacial score (nSPS) is 60.6. The molecule has 5 aliphatic carbocycles. The highest BCUT2D eigenvalue weighted by Gasteiger charge is 2.88. The second-order valence-corrected chi connectivity index (χ2v) is 21.1. The zero-order chi connectivity index (χ0) is 39.6. The fourth-order valence-electron chi connectivity index (χ4n) is 15.5. The lowest BCUT2D eigenvalue weighted by Crippen LogP contribution is -2.63. The lowest BCUT2D eigenvalue weighted by molar-refractivity contribution is -0.356. The highest BCUT2D eigenvalue weighted by molar-refractivity contribution is 5.34. The number of aliphatic hydroxyl groups is 8. The minimum Gasteiger partial charge on any atom is -0.394 e. The molecule has 4 aliphatic heterocycles. The van der Waals surface area contributed by atoms with Crippen LogP contribution in [0.25, 0.3) is 0 Å². The Hall–Kier alpha value is -0.560. The van der Waals surface area contributed by atoms with Crippen LogP contribution < -0.4 is 0 Å². The first-order chi connectivity index (χ1) is 25.6. The number of aliphatic hydroxyl groups excluding tert-OH is 7. The zero-order valence-electron chi connectivity index (χ0n) is 33.4. The molecule has 14 nitrogen and oxygen atoms in total. The van der Waals surface area contributed by atoms with E-state index in [-0.39, 0.29) is 58.2 Å². The van der Waals surface area contributed by atoms with Crippen molar-refractivity contribution in [1.82, 2.24) is 0 Å². The first-order valence-corrected chi connectivity index (χ1v) is 21.0. The summed E-state index contributed by atoms with van der Waals surface area (Å²) in [5.41, 5.74) is -1.89. The summed E-state index contributed by atoms with van der Waals surface area (Å²) in [5.74, 6) is -0.232. The van der Waals surface area contributed by atoms with Crippen molar-refractivity contribution in [3.8, 4) is 0 Å². The first-order valence-electron chi connectivity index (χ1n) is 21.0. The van der Waals surface area contributed by atoms with Gasteiger partial charge in [0.25, 0.3) is 0 Å². The third-order valence-electron chi connectivity index (χ3n) is 18.0. The predicted molar refractivity (Wildman–Crippen MR) is 191 cm³/mol. The number of fused-ring (bicyclic) bond motifs is 4. The first kappa shape index (κ1) is 39.9. The summed E-state index contributed by atoms with van der Waals surface area (Å²) in [4.78, 5) is 0. The van der Waals surface area contributed by atoms with Gasteiger partial charge in [-0.2, -0.15) is 0 Å². The summed E-state index contributed by atoms with van der Waals surface area (Å²) in [6, 6.07) is 0. The fourth-order valence-corrected chi connectivity index (χ4v) is 15.5. The van der Waals surface area contributed by atoms with E-state index in [9.17, 15) is 40.9 Å². The third-order valence-corrected chi connectivity index (χ3v) is 18.0. The number of ether oxygens (including phenoxy) is 6. The minimum absolute atomic E-state index is 0.0166. The Morgan fingerprint density at radius 3 is 2.16 bits per heavy atom. The van der Waals surface area contributed by atoms with Crippen LogP contribution in [0.4, 0.5) is 0 Å². The van der Waals surface area contributed by atoms with Crippen molar-refractivity contribution < 1.29 is 69.3 Å². The molecule has 4 saturated heterocycles. The Morgan fingerprint density at radius 1 is 0.782 bits per heavy atom. The molecule has 8 N–H and O–H groups in total. The van der Waals surface area contributed by atoms with Gasteiger partial charge in [-0.3, -0.25) is 0 Å². The van der Waals surface area contributed by atoms with Crippen LogP contribution in [-0.4, -0.2) is 145 Å². The maximum atomic E-state index is 12.8. The van der Waals surface area contributed by atoms with Gasteiger partial charge < -0.3 is 69.3 Å². The summed E-state index contributed by atoms with van der Waals surface area (Å²) < 4.78 is 37.6. The van der Waals surface area contributed by atoms with E-state index in [0.717, 1.165) is 51.4 Å². The van der Waals surface area contributed by atoms with E-state index < -0.39 is 90.9 Å². The van der Waals surface area contributed by atoms with Crippen LogP contribution in [0, 0.1) is 50.7 Å². The summed E-state index contributed by atoms with van der Waals surface area (Å²) >= 11 is 0. The van der Waals surface area contributed by atoms with Gasteiger partial charge in [0, 0.05) is 11.3 Å². The number of hydrogen-bond donors (Lipinski definition) is 8. The molecule has 9 fully saturated rings. The molecule has 0 aromatic carbocycles. The highest BCUT2D eigenvalue weighted by Crippen LogP contribution is 2.90. The van der Waals surface area contributed by atoms with Crippen LogP contribution in [0.5, 0.6) is 0 Å². The molecule has 0 aromatic rings. The lowest BCUT2D eigenvalue weighted by atomic mass is 9.41. The second kappa shape index (κ2) is 12.5. The molecule has 2 bridgehead atoms. The maximum absolute atomic E-state index is 12.8. The lowest BCUT2D eigenvalue weighted by Gasteiger charge is -2.63. The van der Waals surface area contributed by atoms with Gasteiger partial charge in [-0.1, -0.05) is 34.6 Å². The van der Waals surface area contributed by atoms with Crippen molar-refractivity contribution in [3.05, 3.63) is 0 Å². The summed E-state index contributed by atoms with van der Waals surface area (Å²) in [6.07, 6.45) is -7.12. The van der Waals surface area contributed by atoms with Gasteiger partial charge in [0.15, 0.2) is 18.4 Å². The van der Waals surface area contributed by atoms with Crippen molar-refractivity contribution in [2.75, 3.05) is 13.2 Å². The Bertz CT molecular complexity index is 1500. The van der Waals surface area contributed by atoms with E-state index >= 15 is 0 Å². The standard InChI is InChI=1S/C41H66O14/c1-18-14-20-31(36(4,5)49)55-41(54-20)30(18)37(6)12-13-40-17-39(40)11-10-24(35(2,3)22(39)8-9-23(40)38(37,7)34(41)48)52-32-28(47)29(19(43)16-50-32)53-33-27(46)26(45)25(44)21(15-42)51-33/h18-34,42-49H,8-17H2,1-7H3/t18-,19-,20-,21-,22+,23+,24+,25-,26+,27-,28-,29+,30-,31+,32+,33+,34-,37-,38-,39-,40+,41+/m1/s1. The molecule has 0 aromatic heterocycles. The Balaban J connectivity index is 0.933. The van der Waals surface area contributed by atoms with Crippen LogP contribution in [0.15, 0.2) is 0 Å². The fraction of sp³-hybridized carbons (Fsp3) is 1.00. The molecule has 9 rings (SSSR count). The van der Waals surface area contributed by atoms with Gasteiger partial charge in [-0.15, -0.1) is 0 Å². The van der Waals surface area contributed by atoms with Crippen LogP contribution in [0.1, 0.15) is 99.8 Å². The molecule has 314 valence electrons. The van der Waals surface area contributed by atoms with Crippen LogP contribution in [-0.2, 0) is 28.4 Å². The van der Waals surface area contributed by atoms with Crippen molar-refractivity contribution in [2.45, 2.75) is 191 Å². The molecule has 0 radical (unpaired) electrons. The average molecular weight is 783 g/mol. The van der Waals surface area contributed by atoms with Gasteiger partial charge >= 0.3 is 0 Å². The van der Waals surface area contributed by atoms with Gasteiger partial charge in [0.1, 0.15) is 54.9 Å². The Labute approximate surface area is 323 Å². The SMILES string of the molecule is C[C@@H]1C[C@H]2O[C@@]3(O[C@@H]2C(C)(C)O)[C@H](O)[C@@]2(C)[C@@H]4CC[C@H]5C(C)(C)[C@@H](O[C@@H]6OC[C@@H](O)[C@H](O[C@@H]7O[C@H](CO)[C@@H](O)[C@H](O)[C@H]7O)[C@H]6O)CC[C@@]56C[C@@]46CC[C@]2(C)[C@@H]13. The van der Waals surface area contributed by atoms with Crippen LogP contribution in [0.3, 0.4) is 0 Å². The van der Waals surface area contributed by atoms with E-state index in [1.165, 1.54) is 0 Å². The van der Waals surface area contributed by atoms with E-state index in [0.29, 0.717) is 5.92 Å². The molecule has 3 spiro atoms. The molecule has 0 amide bonds. The van der Waals surface area contributed by atoms with Crippen molar-refractivity contribution >= 4 is 0 Å². The van der Waals surface area contributed by atoms with Gasteiger partial charge in [-0.05, 0) is 105 Å². The third kappa shape index (κ3) is 4.98. The second-order valence-electron chi connectivity index (χ2n) is 21.1. The Morgan fingerprint density at radius 2 is 1.47 bits per heavy atom. The van der Waals surface area contributed by atoms with Crippen molar-refractivity contribution in [1.29, 1.82) is 0 Å². The van der Waals surface area contributed by atoms with E-state index in [1.54, 1.807) is 13.8 Å². The molecular formula is C41H66O14. The number of hydrogen-bond acceptors (Lipinski definition) is 14. The van der Waals surface area contributed by atoms with E-state index in [2.05, 4.69) is 34.6 Å². The molecule has 4 heterocycles. The summed E-state index contributed by atoms with van der Waals surface area (Å²) in [6.45, 7) is 14.2. The maximum Gasteiger partial charge on any atom is 0.199 e. The largest absolute Gasteiger partial charge is 0.394 e. The van der Waals surface area contributed by atoms with Gasteiger partial charge in [0.2, 0.25) is 0 Å². The smallest absolute Gasteiger partial charge is 0.199 e. The van der Waals surface area contributed by atoms with Crippen molar-refractivity contribution in [3.63, 3.8) is 0 Å². The molecule has 9 aliphatic rings. The summed E-state index contributed by atoms with van der Waals surface area (Å²) in [7, 11) is 0. The molecule has 22 atom stereocenters. The quantitative estimate of drug-likeness (QED) is 0.176. The molecular weight excluding hydrogens is 716 g/mol. The minimum atomic E-state index is -1.69. The molecule has 14 heteroatoms. The monoisotopic (exact) mass is 782 g/mol. The Kier molecular flexibility index (Phi) is 9.06. The van der Waals surface area contributed by atoms with Gasteiger partial charge in [-0.25, -0.2) is 0 Å². The van der Waals surface area contributed by atoms with Crippen LogP contribution >= 0.6 is 0 Å². The zero-order valence-corrected chi connectivity index (χ0v) is 33.4. The van der Waals surface area contributed by atoms with E-state index in [4.69, 9.17) is 28.4 Å². The van der Waals surface area contributed by atoms with Crippen molar-refractivity contribution in [2.24, 2.45) is 50.7 Å². The summed E-state index contributed by atoms with van der Waals surface area (Å²) in [5, 5.41) is 86.9. The molecule has 5 saturated carbocycles. The highest BCUT2D eigenvalue weighted by atomic mass is 16.8. The van der Waals surface area contributed by atoms with Crippen LogP contribution in [0.2, 0.25) is 0 Å². The molecule has 55 heavy (non-hydrogen) atoms. The van der Waals surface area contributed by atoms with E-state index in [1.807, 2.05) is 0 Å².